The van der Waals surface area contributed by atoms with Crippen LogP contribution in [0.5, 0.6) is 0 Å². The highest BCUT2D eigenvalue weighted by Gasteiger charge is 2.11. The van der Waals surface area contributed by atoms with Gasteiger partial charge in [-0.2, -0.15) is 0 Å². The molecule has 27 heavy (non-hydrogen) atoms. The van der Waals surface area contributed by atoms with Crippen LogP contribution < -0.4 is 10.6 Å². The topological polar surface area (TPSA) is 73.1 Å². The molecule has 0 aromatic carbocycles. The largest absolute Gasteiger partial charge is 0.357 e. The van der Waals surface area contributed by atoms with Crippen LogP contribution in [-0.4, -0.2) is 83.2 Å². The lowest BCUT2D eigenvalue weighted by molar-refractivity contribution is 0.274. The van der Waals surface area contributed by atoms with E-state index in [-0.39, 0.29) is 0 Å². The van der Waals surface area contributed by atoms with Gasteiger partial charge in [-0.1, -0.05) is 6.07 Å². The van der Waals surface area contributed by atoms with Gasteiger partial charge >= 0.3 is 0 Å². The average Bonchev–Trinajstić information content (AvgIpc) is 2.98. The summed E-state index contributed by atoms with van der Waals surface area (Å²) < 4.78 is 1.98. The van der Waals surface area contributed by atoms with E-state index in [0.717, 1.165) is 43.5 Å². The summed E-state index contributed by atoms with van der Waals surface area (Å²) in [6.45, 7) is 10.2. The first-order chi connectivity index (χ1) is 13.3. The first kappa shape index (κ1) is 19.6. The maximum absolute atomic E-state index is 4.67. The molecule has 8 heteroatoms. The second kappa shape index (κ2) is 10.2. The Kier molecular flexibility index (Phi) is 7.41. The fourth-order valence-electron chi connectivity index (χ4n) is 3.32. The molecule has 1 aliphatic heterocycles. The Morgan fingerprint density at radius 1 is 1.15 bits per heavy atom. The second-order valence-corrected chi connectivity index (χ2v) is 7.02. The number of nitrogens with one attached hydrogen (secondary N) is 2. The van der Waals surface area contributed by atoms with Gasteiger partial charge in [-0.3, -0.25) is 4.40 Å². The van der Waals surface area contributed by atoms with Crippen molar-refractivity contribution in [3.05, 3.63) is 30.2 Å². The first-order valence-corrected chi connectivity index (χ1v) is 9.98. The summed E-state index contributed by atoms with van der Waals surface area (Å²) in [7, 11) is 2.21. The highest BCUT2D eigenvalue weighted by atomic mass is 15.3. The Morgan fingerprint density at radius 2 is 2.07 bits per heavy atom. The van der Waals surface area contributed by atoms with Crippen LogP contribution in [0, 0.1) is 0 Å². The maximum atomic E-state index is 4.67. The van der Waals surface area contributed by atoms with Crippen molar-refractivity contribution in [3.63, 3.8) is 0 Å². The summed E-state index contributed by atoms with van der Waals surface area (Å²) in [5, 5.41) is 15.2. The van der Waals surface area contributed by atoms with E-state index >= 15 is 0 Å². The number of nitrogens with zero attached hydrogens (tertiary/aromatic N) is 6. The Bertz CT molecular complexity index is 725. The molecule has 0 aliphatic carbocycles. The SMILES string of the molecule is CCNC(=NCc1nnc2ccccn12)NCCCN1CCCN(C)CC1. The van der Waals surface area contributed by atoms with Gasteiger partial charge in [-0.15, -0.1) is 10.2 Å². The third-order valence-corrected chi connectivity index (χ3v) is 4.86. The van der Waals surface area contributed by atoms with E-state index < -0.39 is 0 Å². The molecule has 0 saturated carbocycles. The summed E-state index contributed by atoms with van der Waals surface area (Å²) in [5.74, 6) is 1.68. The van der Waals surface area contributed by atoms with Gasteiger partial charge < -0.3 is 20.4 Å². The van der Waals surface area contributed by atoms with E-state index in [1.165, 1.54) is 32.6 Å². The number of rotatable bonds is 7. The number of guanidine groups is 1. The Balaban J connectivity index is 1.46. The normalized spacial score (nSPS) is 17.2. The Morgan fingerprint density at radius 3 is 2.96 bits per heavy atom. The number of hydrogen-bond acceptors (Lipinski definition) is 5. The summed E-state index contributed by atoms with van der Waals surface area (Å²) in [6.07, 6.45) is 4.35. The molecule has 1 fully saturated rings. The molecule has 148 valence electrons. The molecule has 1 saturated heterocycles. The minimum absolute atomic E-state index is 0.499. The number of likely N-dealkylation sites (N-methyl/N-ethyl adjacent to an activating group) is 1. The molecule has 0 atom stereocenters. The number of pyridine rings is 1. The van der Waals surface area contributed by atoms with E-state index in [9.17, 15) is 0 Å². The van der Waals surface area contributed by atoms with Crippen LogP contribution in [0.2, 0.25) is 0 Å². The lowest BCUT2D eigenvalue weighted by Crippen LogP contribution is -2.39. The van der Waals surface area contributed by atoms with Crippen LogP contribution in [0.1, 0.15) is 25.6 Å². The maximum Gasteiger partial charge on any atom is 0.191 e. The highest BCUT2D eigenvalue weighted by molar-refractivity contribution is 5.79. The van der Waals surface area contributed by atoms with Crippen molar-refractivity contribution in [1.29, 1.82) is 0 Å². The molecule has 0 spiro atoms. The minimum atomic E-state index is 0.499. The van der Waals surface area contributed by atoms with Crippen LogP contribution >= 0.6 is 0 Å². The fourth-order valence-corrected chi connectivity index (χ4v) is 3.32. The molecule has 0 radical (unpaired) electrons. The smallest absolute Gasteiger partial charge is 0.191 e. The van der Waals surface area contributed by atoms with E-state index in [2.05, 4.69) is 49.6 Å². The van der Waals surface area contributed by atoms with Crippen LogP contribution in [0.15, 0.2) is 29.4 Å². The number of hydrogen-bond donors (Lipinski definition) is 2. The van der Waals surface area contributed by atoms with Crippen molar-refractivity contribution in [3.8, 4) is 0 Å². The van der Waals surface area contributed by atoms with Crippen molar-refractivity contribution in [2.24, 2.45) is 4.99 Å². The van der Waals surface area contributed by atoms with Crippen molar-refractivity contribution < 1.29 is 0 Å². The summed E-state index contributed by atoms with van der Waals surface area (Å²) in [6, 6.07) is 5.89. The molecule has 2 aromatic heterocycles. The van der Waals surface area contributed by atoms with Gasteiger partial charge in [0.25, 0.3) is 0 Å². The van der Waals surface area contributed by atoms with Crippen molar-refractivity contribution in [2.75, 3.05) is 52.9 Å². The van der Waals surface area contributed by atoms with Crippen molar-refractivity contribution in [2.45, 2.75) is 26.3 Å². The zero-order valence-electron chi connectivity index (χ0n) is 16.6. The molecule has 2 N–H and O–H groups in total. The summed E-state index contributed by atoms with van der Waals surface area (Å²) >= 11 is 0. The quantitative estimate of drug-likeness (QED) is 0.426. The van der Waals surface area contributed by atoms with Gasteiger partial charge in [0.1, 0.15) is 6.54 Å². The predicted octanol–water partition coefficient (Wildman–Crippen LogP) is 0.812. The van der Waals surface area contributed by atoms with Crippen molar-refractivity contribution >= 4 is 11.6 Å². The van der Waals surface area contributed by atoms with Gasteiger partial charge in [0, 0.05) is 32.4 Å². The molecule has 0 unspecified atom stereocenters. The van der Waals surface area contributed by atoms with Gasteiger partial charge in [0.05, 0.1) is 0 Å². The Labute approximate surface area is 161 Å². The van der Waals surface area contributed by atoms with E-state index in [4.69, 9.17) is 0 Å². The Hall–Kier alpha value is -2.19. The molecular weight excluding hydrogens is 340 g/mol. The molecule has 0 amide bonds. The van der Waals surface area contributed by atoms with Crippen LogP contribution in [-0.2, 0) is 6.54 Å². The lowest BCUT2D eigenvalue weighted by Gasteiger charge is -2.20. The first-order valence-electron chi connectivity index (χ1n) is 9.98. The lowest BCUT2D eigenvalue weighted by atomic mass is 10.3. The zero-order chi connectivity index (χ0) is 18.9. The summed E-state index contributed by atoms with van der Waals surface area (Å²) in [5.41, 5.74) is 0.851. The highest BCUT2D eigenvalue weighted by Crippen LogP contribution is 2.04. The molecule has 3 rings (SSSR count). The number of aromatic nitrogens is 3. The molecule has 0 bridgehead atoms. The van der Waals surface area contributed by atoms with E-state index in [1.54, 1.807) is 0 Å². The summed E-state index contributed by atoms with van der Waals surface area (Å²) in [4.78, 5) is 9.65. The third-order valence-electron chi connectivity index (χ3n) is 4.86. The standard InChI is InChI=1S/C19H32N8/c1-3-20-19(21-9-6-11-26-12-7-10-25(2)14-15-26)22-16-18-24-23-17-8-4-5-13-27(17)18/h4-5,8,13H,3,6-7,9-12,14-16H2,1-2H3,(H2,20,21,22). The van der Waals surface area contributed by atoms with Gasteiger partial charge in [0.2, 0.25) is 0 Å². The monoisotopic (exact) mass is 372 g/mol. The van der Waals surface area contributed by atoms with E-state index in [1.807, 2.05) is 28.8 Å². The van der Waals surface area contributed by atoms with E-state index in [0.29, 0.717) is 6.54 Å². The third kappa shape index (κ3) is 5.90. The second-order valence-electron chi connectivity index (χ2n) is 7.02. The minimum Gasteiger partial charge on any atom is -0.357 e. The fraction of sp³-hybridized carbons (Fsp3) is 0.632. The van der Waals surface area contributed by atoms with Crippen molar-refractivity contribution in [1.82, 2.24) is 35.0 Å². The number of fused-ring (bicyclic) bond motifs is 1. The zero-order valence-corrected chi connectivity index (χ0v) is 16.6. The molecular formula is C19H32N8. The van der Waals surface area contributed by atoms with Crippen LogP contribution in [0.25, 0.3) is 5.65 Å². The van der Waals surface area contributed by atoms with Crippen LogP contribution in [0.3, 0.4) is 0 Å². The van der Waals surface area contributed by atoms with Gasteiger partial charge in [0.15, 0.2) is 17.4 Å². The molecule has 2 aromatic rings. The molecule has 3 heterocycles. The van der Waals surface area contributed by atoms with Crippen LogP contribution in [0.4, 0.5) is 0 Å². The molecule has 8 nitrogen and oxygen atoms in total. The molecule has 1 aliphatic rings. The number of aliphatic imine (C=N–C) groups is 1. The predicted molar refractivity (Wildman–Crippen MR) is 109 cm³/mol. The van der Waals surface area contributed by atoms with Gasteiger partial charge in [-0.05, 0) is 58.6 Å². The average molecular weight is 373 g/mol. The van der Waals surface area contributed by atoms with Gasteiger partial charge in [-0.25, -0.2) is 4.99 Å².